The van der Waals surface area contributed by atoms with Crippen molar-refractivity contribution in [2.75, 3.05) is 24.7 Å². The van der Waals surface area contributed by atoms with Crippen LogP contribution in [0.1, 0.15) is 23.6 Å². The van der Waals surface area contributed by atoms with Gasteiger partial charge in [0.15, 0.2) is 18.1 Å². The highest BCUT2D eigenvalue weighted by Gasteiger charge is 2.26. The van der Waals surface area contributed by atoms with Crippen molar-refractivity contribution in [2.45, 2.75) is 20.3 Å². The van der Waals surface area contributed by atoms with E-state index in [2.05, 4.69) is 28.1 Å². The smallest absolute Gasteiger partial charge is 0.264 e. The van der Waals surface area contributed by atoms with E-state index in [4.69, 9.17) is 14.7 Å². The highest BCUT2D eigenvalue weighted by Crippen LogP contribution is 2.37. The summed E-state index contributed by atoms with van der Waals surface area (Å²) >= 11 is 3.40. The van der Waals surface area contributed by atoms with E-state index >= 15 is 0 Å². The van der Waals surface area contributed by atoms with Crippen LogP contribution in [-0.4, -0.2) is 25.7 Å². The Balaban J connectivity index is 1.79. The van der Waals surface area contributed by atoms with E-state index in [1.165, 1.54) is 5.56 Å². The van der Waals surface area contributed by atoms with Crippen molar-refractivity contribution < 1.29 is 14.3 Å². The van der Waals surface area contributed by atoms with Gasteiger partial charge in [-0.1, -0.05) is 18.2 Å². The maximum Gasteiger partial charge on any atom is 0.264 e. The van der Waals surface area contributed by atoms with Crippen LogP contribution in [0.4, 0.5) is 5.69 Å². The van der Waals surface area contributed by atoms with E-state index in [9.17, 15) is 4.79 Å². The largest absolute Gasteiger partial charge is 0.490 e. The topological polar surface area (TPSA) is 62.6 Å². The highest BCUT2D eigenvalue weighted by molar-refractivity contribution is 9.10. The molecule has 1 amide bonds. The van der Waals surface area contributed by atoms with Gasteiger partial charge in [-0.3, -0.25) is 4.79 Å². The van der Waals surface area contributed by atoms with Gasteiger partial charge in [0.05, 0.1) is 22.7 Å². The molecule has 0 atom stereocenters. The third kappa shape index (κ3) is 3.54. The number of anilines is 1. The van der Waals surface area contributed by atoms with Crippen molar-refractivity contribution in [3.05, 3.63) is 51.5 Å². The molecule has 0 aliphatic carbocycles. The molecule has 2 aromatic rings. The Bertz CT molecular complexity index is 889. The maximum atomic E-state index is 12.7. The first-order valence-electron chi connectivity index (χ1n) is 8.43. The van der Waals surface area contributed by atoms with Crippen molar-refractivity contribution in [1.82, 2.24) is 0 Å². The Morgan fingerprint density at radius 1 is 1.35 bits per heavy atom. The molecule has 134 valence electrons. The van der Waals surface area contributed by atoms with Crippen molar-refractivity contribution in [1.29, 1.82) is 5.26 Å². The molecule has 0 fully saturated rings. The number of carbonyl (C=O) groups is 1. The first-order valence-corrected chi connectivity index (χ1v) is 9.22. The highest BCUT2D eigenvalue weighted by atomic mass is 79.9. The third-order valence-electron chi connectivity index (χ3n) is 4.28. The van der Waals surface area contributed by atoms with Gasteiger partial charge in [-0.05, 0) is 53.4 Å². The van der Waals surface area contributed by atoms with Gasteiger partial charge in [0, 0.05) is 18.3 Å². The lowest BCUT2D eigenvalue weighted by Crippen LogP contribution is -2.33. The molecule has 0 N–H and O–H groups in total. The molecule has 6 heteroatoms. The predicted molar refractivity (Wildman–Crippen MR) is 103 cm³/mol. The van der Waals surface area contributed by atoms with E-state index in [0.29, 0.717) is 34.7 Å². The van der Waals surface area contributed by atoms with E-state index in [-0.39, 0.29) is 12.5 Å². The zero-order valence-corrected chi connectivity index (χ0v) is 16.3. The quantitative estimate of drug-likeness (QED) is 0.741. The number of fused-ring (bicyclic) bond motifs is 1. The Labute approximate surface area is 161 Å². The Hall–Kier alpha value is -2.52. The SMILES string of the molecule is CCOc1cc(C#N)cc(Br)c1OCC(=O)N1CCc2cccc(C)c21. The number of nitrogens with zero attached hydrogens (tertiary/aromatic N) is 2. The molecule has 0 radical (unpaired) electrons. The molecule has 2 aromatic carbocycles. The fraction of sp³-hybridized carbons (Fsp3) is 0.300. The number of nitriles is 1. The van der Waals surface area contributed by atoms with Gasteiger partial charge in [-0.25, -0.2) is 0 Å². The number of ether oxygens (including phenoxy) is 2. The second-order valence-corrected chi connectivity index (χ2v) is 6.85. The van der Waals surface area contributed by atoms with Crippen LogP contribution in [0.3, 0.4) is 0 Å². The van der Waals surface area contributed by atoms with Gasteiger partial charge in [-0.2, -0.15) is 5.26 Å². The number of hydrogen-bond acceptors (Lipinski definition) is 4. The van der Waals surface area contributed by atoms with Crippen molar-refractivity contribution in [3.63, 3.8) is 0 Å². The standard InChI is InChI=1S/C20H19BrN2O3/c1-3-25-17-10-14(11-22)9-16(21)20(17)26-12-18(24)23-8-7-15-6-4-5-13(2)19(15)23/h4-6,9-10H,3,7-8,12H2,1-2H3. The number of benzene rings is 2. The minimum absolute atomic E-state index is 0.0989. The van der Waals surface area contributed by atoms with E-state index < -0.39 is 0 Å². The lowest BCUT2D eigenvalue weighted by molar-refractivity contribution is -0.120. The fourth-order valence-corrected chi connectivity index (χ4v) is 3.71. The molecule has 0 aromatic heterocycles. The van der Waals surface area contributed by atoms with Crippen LogP contribution in [0.5, 0.6) is 11.5 Å². The normalized spacial score (nSPS) is 12.5. The summed E-state index contributed by atoms with van der Waals surface area (Å²) in [6, 6.07) is 11.4. The number of halogens is 1. The molecule has 0 spiro atoms. The van der Waals surface area contributed by atoms with Gasteiger partial charge in [0.1, 0.15) is 0 Å². The van der Waals surface area contributed by atoms with Crippen LogP contribution < -0.4 is 14.4 Å². The summed E-state index contributed by atoms with van der Waals surface area (Å²) in [6.45, 7) is 4.86. The summed E-state index contributed by atoms with van der Waals surface area (Å²) in [5, 5.41) is 9.10. The summed E-state index contributed by atoms with van der Waals surface area (Å²) in [7, 11) is 0. The summed E-state index contributed by atoms with van der Waals surface area (Å²) in [5.74, 6) is 0.782. The summed E-state index contributed by atoms with van der Waals surface area (Å²) in [6.07, 6.45) is 0.855. The summed E-state index contributed by atoms with van der Waals surface area (Å²) < 4.78 is 11.9. The third-order valence-corrected chi connectivity index (χ3v) is 4.86. The van der Waals surface area contributed by atoms with Gasteiger partial charge in [0.25, 0.3) is 5.91 Å². The van der Waals surface area contributed by atoms with Crippen LogP contribution in [0.25, 0.3) is 0 Å². The second kappa shape index (κ2) is 7.79. The molecule has 1 aliphatic heterocycles. The van der Waals surface area contributed by atoms with E-state index in [1.807, 2.05) is 26.0 Å². The maximum absolute atomic E-state index is 12.7. The molecular weight excluding hydrogens is 396 g/mol. The van der Waals surface area contributed by atoms with Crippen molar-refractivity contribution in [3.8, 4) is 17.6 Å². The summed E-state index contributed by atoms with van der Waals surface area (Å²) in [4.78, 5) is 14.5. The van der Waals surface area contributed by atoms with Crippen molar-refractivity contribution in [2.24, 2.45) is 0 Å². The van der Waals surface area contributed by atoms with Crippen LogP contribution >= 0.6 is 15.9 Å². The van der Waals surface area contributed by atoms with E-state index in [0.717, 1.165) is 17.7 Å². The number of amides is 1. The summed E-state index contributed by atoms with van der Waals surface area (Å²) in [5.41, 5.74) is 3.73. The lowest BCUT2D eigenvalue weighted by atomic mass is 10.1. The Morgan fingerprint density at radius 2 is 2.15 bits per heavy atom. The zero-order chi connectivity index (χ0) is 18.7. The van der Waals surface area contributed by atoms with Crippen LogP contribution in [0.15, 0.2) is 34.8 Å². The monoisotopic (exact) mass is 414 g/mol. The number of aryl methyl sites for hydroxylation is 1. The molecule has 0 saturated carbocycles. The van der Waals surface area contributed by atoms with Gasteiger partial charge in [0.2, 0.25) is 0 Å². The number of carbonyl (C=O) groups excluding carboxylic acids is 1. The number of hydrogen-bond donors (Lipinski definition) is 0. The minimum Gasteiger partial charge on any atom is -0.490 e. The lowest BCUT2D eigenvalue weighted by Gasteiger charge is -2.20. The molecule has 5 nitrogen and oxygen atoms in total. The predicted octanol–water partition coefficient (Wildman–Crippen LogP) is 4.00. The van der Waals surface area contributed by atoms with Crippen LogP contribution in [0.2, 0.25) is 0 Å². The number of rotatable bonds is 5. The first-order chi connectivity index (χ1) is 12.5. The molecule has 1 heterocycles. The molecule has 3 rings (SSSR count). The molecular formula is C20H19BrN2O3. The van der Waals surface area contributed by atoms with Crippen LogP contribution in [-0.2, 0) is 11.2 Å². The van der Waals surface area contributed by atoms with Gasteiger partial charge in [-0.15, -0.1) is 0 Å². The molecule has 26 heavy (non-hydrogen) atoms. The average Bonchev–Trinajstić information content (AvgIpc) is 3.06. The molecule has 0 bridgehead atoms. The molecule has 0 saturated heterocycles. The second-order valence-electron chi connectivity index (χ2n) is 6.00. The molecule has 1 aliphatic rings. The minimum atomic E-state index is -0.100. The average molecular weight is 415 g/mol. The molecule has 0 unspecified atom stereocenters. The number of para-hydroxylation sites is 1. The first kappa shape index (κ1) is 18.3. The fourth-order valence-electron chi connectivity index (χ4n) is 3.15. The van der Waals surface area contributed by atoms with Gasteiger partial charge >= 0.3 is 0 Å². The Morgan fingerprint density at radius 3 is 2.88 bits per heavy atom. The zero-order valence-electron chi connectivity index (χ0n) is 14.7. The van der Waals surface area contributed by atoms with Gasteiger partial charge < -0.3 is 14.4 Å². The van der Waals surface area contributed by atoms with Crippen molar-refractivity contribution >= 4 is 27.5 Å². The van der Waals surface area contributed by atoms with Crippen LogP contribution in [0, 0.1) is 18.3 Å². The Kier molecular flexibility index (Phi) is 5.48. The van der Waals surface area contributed by atoms with E-state index in [1.54, 1.807) is 17.0 Å².